The number of ether oxygens (including phenoxy) is 3. The number of nitrogens with one attached hydrogen (secondary N) is 2. The fourth-order valence-electron chi connectivity index (χ4n) is 10.6. The summed E-state index contributed by atoms with van der Waals surface area (Å²) >= 11 is 13.3. The highest BCUT2D eigenvalue weighted by Crippen LogP contribution is 2.53. The molecule has 8 unspecified atom stereocenters. The quantitative estimate of drug-likeness (QED) is 0.138. The summed E-state index contributed by atoms with van der Waals surface area (Å²) in [5.74, 6) is 0.437. The number of benzene rings is 2. The van der Waals surface area contributed by atoms with Gasteiger partial charge in [-0.3, -0.25) is 34.0 Å². The molecule has 6 N–H and O–H groups in total. The van der Waals surface area contributed by atoms with Gasteiger partial charge < -0.3 is 36.3 Å². The highest BCUT2D eigenvalue weighted by atomic mass is 35.5. The molecule has 2 saturated carbocycles. The molecule has 0 spiro atoms. The van der Waals surface area contributed by atoms with Gasteiger partial charge in [-0.2, -0.15) is 0 Å². The molecule has 5 heterocycles. The number of nitrogens with two attached hydrogens (primary N) is 2. The molecule has 2 aromatic carbocycles. The van der Waals surface area contributed by atoms with Crippen molar-refractivity contribution in [2.75, 3.05) is 13.2 Å². The van der Waals surface area contributed by atoms with Gasteiger partial charge in [0.1, 0.15) is 28.5 Å². The third kappa shape index (κ3) is 9.81. The molecule has 4 amide bonds. The Bertz CT molecular complexity index is 2610. The largest absolute Gasteiger partial charge is 0.493 e. The molecule has 4 aliphatic heterocycles. The zero-order valence-electron chi connectivity index (χ0n) is 39.6. The monoisotopic (exact) mass is 969 g/mol. The Kier molecular flexibility index (Phi) is 12.2. The predicted molar refractivity (Wildman–Crippen MR) is 257 cm³/mol. The van der Waals surface area contributed by atoms with E-state index in [4.69, 9.17) is 48.9 Å². The number of aliphatic imine (C=N–C) groups is 2. The van der Waals surface area contributed by atoms with Crippen LogP contribution in [0.4, 0.5) is 0 Å². The van der Waals surface area contributed by atoms with Crippen molar-refractivity contribution < 1.29 is 33.4 Å². The third-order valence-electron chi connectivity index (χ3n) is 14.0. The van der Waals surface area contributed by atoms with Crippen LogP contribution < -0.4 is 36.3 Å². The standard InChI is InChI=1S/C50H61Cl2N9O7/c1-47(2)22-38(62)60(45(53)58-47)25-27-16-29(27)43(64)56-34-21-50(7,68-42-32(34)17-28(51)18-33(42)52)13-15-66-36-11-8-12-37-40(36)35(20-49(5,6)67-37)57-44(65)31-19-30(31)41(26-10-9-14-55-24-26)61-39(63)23-48(3,4)59-46(61)54/h8-12,14,17-18,24,27,29-31,34-35,41H,13,15-16,19-23,25H2,1-7H3,(H2,53,58)(H2,54,59)(H,56,64)(H,57,65). The number of fused-ring (bicyclic) bond motifs is 2. The zero-order chi connectivity index (χ0) is 48.7. The van der Waals surface area contributed by atoms with Gasteiger partial charge in [-0.1, -0.05) is 35.3 Å². The van der Waals surface area contributed by atoms with Crippen LogP contribution in [0.25, 0.3) is 0 Å². The number of amides is 4. The van der Waals surface area contributed by atoms with E-state index in [1.807, 2.05) is 78.8 Å². The van der Waals surface area contributed by atoms with Crippen LogP contribution >= 0.6 is 23.2 Å². The smallest absolute Gasteiger partial charge is 0.232 e. The van der Waals surface area contributed by atoms with Crippen LogP contribution in [0.5, 0.6) is 17.2 Å². The van der Waals surface area contributed by atoms with E-state index >= 15 is 0 Å². The van der Waals surface area contributed by atoms with Gasteiger partial charge in [0.25, 0.3) is 0 Å². The molecule has 0 radical (unpaired) electrons. The Morgan fingerprint density at radius 2 is 1.57 bits per heavy atom. The van der Waals surface area contributed by atoms with Crippen molar-refractivity contribution in [3.8, 4) is 17.2 Å². The fourth-order valence-corrected chi connectivity index (χ4v) is 11.2. The maximum absolute atomic E-state index is 14.4. The van der Waals surface area contributed by atoms with Crippen molar-refractivity contribution >= 4 is 58.7 Å². The van der Waals surface area contributed by atoms with Gasteiger partial charge in [-0.25, -0.2) is 9.98 Å². The number of nitrogens with zero attached hydrogens (tertiary/aromatic N) is 5. The summed E-state index contributed by atoms with van der Waals surface area (Å²) in [4.78, 5) is 71.3. The van der Waals surface area contributed by atoms with E-state index in [1.165, 1.54) is 4.90 Å². The zero-order valence-corrected chi connectivity index (χ0v) is 41.1. The molecule has 8 atom stereocenters. The lowest BCUT2D eigenvalue weighted by molar-refractivity contribution is -0.132. The normalized spacial score (nSPS) is 28.9. The minimum atomic E-state index is -0.838. The Hall–Kier alpha value is -5.61. The van der Waals surface area contributed by atoms with Crippen molar-refractivity contribution in [3.63, 3.8) is 0 Å². The van der Waals surface area contributed by atoms with Gasteiger partial charge in [-0.05, 0) is 109 Å². The highest BCUT2D eigenvalue weighted by Gasteiger charge is 2.54. The molecule has 18 heteroatoms. The topological polar surface area (TPSA) is 216 Å². The Balaban J connectivity index is 0.885. The Morgan fingerprint density at radius 3 is 2.28 bits per heavy atom. The lowest BCUT2D eigenvalue weighted by Gasteiger charge is -2.41. The van der Waals surface area contributed by atoms with Crippen LogP contribution in [0.3, 0.4) is 0 Å². The molecule has 0 bridgehead atoms. The maximum Gasteiger partial charge on any atom is 0.232 e. The second-order valence-electron chi connectivity index (χ2n) is 21.5. The summed E-state index contributed by atoms with van der Waals surface area (Å²) < 4.78 is 19.7. The number of guanidine groups is 2. The SMILES string of the molecule is CC1(C)CC(=O)N(CC2CC2C(=O)NC2CC(C)(CCOc3cccc4c3C(NC(=O)C3CC3C(c3cccnc3)N3C(=O)CC(C)(C)N=C3N)CC(C)(C)O4)Oc3c(Cl)cc(Cl)cc32)C(N)=N1. The second kappa shape index (κ2) is 17.4. The van der Waals surface area contributed by atoms with Gasteiger partial charge in [0.2, 0.25) is 23.6 Å². The summed E-state index contributed by atoms with van der Waals surface area (Å²) in [5.41, 5.74) is 12.3. The maximum atomic E-state index is 14.4. The van der Waals surface area contributed by atoms with Crippen molar-refractivity contribution in [3.05, 3.63) is 81.6 Å². The summed E-state index contributed by atoms with van der Waals surface area (Å²) in [6.45, 7) is 14.0. The Labute approximate surface area is 406 Å². The molecule has 2 aliphatic carbocycles. The summed E-state index contributed by atoms with van der Waals surface area (Å²) in [7, 11) is 0. The predicted octanol–water partition coefficient (Wildman–Crippen LogP) is 6.94. The molecule has 0 saturated heterocycles. The first-order valence-corrected chi connectivity index (χ1v) is 24.2. The van der Waals surface area contributed by atoms with E-state index in [9.17, 15) is 19.2 Å². The van der Waals surface area contributed by atoms with Crippen LogP contribution in [0.15, 0.2) is 64.8 Å². The summed E-state index contributed by atoms with van der Waals surface area (Å²) in [6, 6.07) is 11.3. The van der Waals surface area contributed by atoms with Crippen LogP contribution in [0.2, 0.25) is 10.0 Å². The van der Waals surface area contributed by atoms with Crippen LogP contribution in [-0.2, 0) is 19.2 Å². The molecule has 16 nitrogen and oxygen atoms in total. The molecule has 9 rings (SSSR count). The average molecular weight is 971 g/mol. The molecule has 68 heavy (non-hydrogen) atoms. The highest BCUT2D eigenvalue weighted by molar-refractivity contribution is 6.35. The minimum absolute atomic E-state index is 0.0576. The minimum Gasteiger partial charge on any atom is -0.493 e. The first kappa shape index (κ1) is 47.5. The van der Waals surface area contributed by atoms with Crippen LogP contribution in [0, 0.1) is 23.7 Å². The summed E-state index contributed by atoms with van der Waals surface area (Å²) in [5, 5.41) is 7.35. The third-order valence-corrected chi connectivity index (χ3v) is 14.5. The molecule has 3 aromatic rings. The van der Waals surface area contributed by atoms with Crippen molar-refractivity contribution in [1.29, 1.82) is 0 Å². The molecule has 2 fully saturated rings. The first-order valence-electron chi connectivity index (χ1n) is 23.5. The molecular weight excluding hydrogens is 910 g/mol. The van der Waals surface area contributed by atoms with E-state index < -0.39 is 46.3 Å². The van der Waals surface area contributed by atoms with E-state index in [1.54, 1.807) is 29.4 Å². The van der Waals surface area contributed by atoms with Gasteiger partial charge in [0.15, 0.2) is 11.9 Å². The van der Waals surface area contributed by atoms with Crippen LogP contribution in [-0.4, -0.2) is 85.8 Å². The summed E-state index contributed by atoms with van der Waals surface area (Å²) in [6.07, 6.45) is 6.27. The number of hydrogen-bond donors (Lipinski definition) is 4. The van der Waals surface area contributed by atoms with Gasteiger partial charge in [0, 0.05) is 60.6 Å². The number of carbonyl (C=O) groups excluding carboxylic acids is 4. The van der Waals surface area contributed by atoms with E-state index in [2.05, 4.69) is 25.6 Å². The number of carbonyl (C=O) groups is 4. The number of pyridine rings is 1. The van der Waals surface area contributed by atoms with Gasteiger partial charge >= 0.3 is 0 Å². The Morgan fingerprint density at radius 1 is 0.868 bits per heavy atom. The van der Waals surface area contributed by atoms with Gasteiger partial charge in [0.05, 0.1) is 59.2 Å². The van der Waals surface area contributed by atoms with E-state index in [0.717, 1.165) is 11.1 Å². The number of halogens is 2. The van der Waals surface area contributed by atoms with E-state index in [-0.39, 0.29) is 72.8 Å². The van der Waals surface area contributed by atoms with Crippen molar-refractivity contribution in [2.45, 2.75) is 134 Å². The molecule has 1 aromatic heterocycles. The average Bonchev–Trinajstić information content (AvgIpc) is 4.16. The number of rotatable bonds is 13. The van der Waals surface area contributed by atoms with Crippen LogP contribution in [0.1, 0.15) is 128 Å². The molecular formula is C50H61Cl2N9O7. The molecule has 6 aliphatic rings. The lowest BCUT2D eigenvalue weighted by atomic mass is 9.86. The molecule has 362 valence electrons. The number of aromatic nitrogens is 1. The van der Waals surface area contributed by atoms with Crippen molar-refractivity contribution in [2.24, 2.45) is 45.1 Å². The fraction of sp³-hybridized carbons (Fsp3) is 0.540. The van der Waals surface area contributed by atoms with Gasteiger partial charge in [-0.15, -0.1) is 0 Å². The van der Waals surface area contributed by atoms with E-state index in [0.29, 0.717) is 71.5 Å². The second-order valence-corrected chi connectivity index (χ2v) is 22.4. The lowest BCUT2D eigenvalue weighted by Crippen LogP contribution is -2.52. The van der Waals surface area contributed by atoms with Crippen molar-refractivity contribution in [1.82, 2.24) is 25.4 Å². The number of hydrogen-bond acceptors (Lipinski definition) is 12. The first-order chi connectivity index (χ1) is 32.0.